The molecule has 2 aromatic carbocycles. The van der Waals surface area contributed by atoms with Crippen LogP contribution in [-0.2, 0) is 15.9 Å². The van der Waals surface area contributed by atoms with Crippen LogP contribution in [0.25, 0.3) is 0 Å². The van der Waals surface area contributed by atoms with Crippen LogP contribution < -0.4 is 4.74 Å². The summed E-state index contributed by atoms with van der Waals surface area (Å²) in [4.78, 5) is 0. The number of rotatable bonds is 6. The van der Waals surface area contributed by atoms with Crippen LogP contribution in [0.5, 0.6) is 5.75 Å². The number of halogens is 1. The summed E-state index contributed by atoms with van der Waals surface area (Å²) in [6.45, 7) is -0.405. The lowest BCUT2D eigenvalue weighted by atomic mass is 9.90. The second-order valence-electron chi connectivity index (χ2n) is 6.83. The maximum Gasteiger partial charge on any atom is 0.118 e. The summed E-state index contributed by atoms with van der Waals surface area (Å²) >= 11 is 6.40. The predicted molar refractivity (Wildman–Crippen MR) is 105 cm³/mol. The second kappa shape index (κ2) is 9.22. The summed E-state index contributed by atoms with van der Waals surface area (Å²) in [6, 6.07) is 13.2. The fourth-order valence-electron chi connectivity index (χ4n) is 3.49. The molecule has 3 N–H and O–H groups in total. The summed E-state index contributed by atoms with van der Waals surface area (Å²) in [7, 11) is 3.07. The molecule has 1 heterocycles. The van der Waals surface area contributed by atoms with Crippen molar-refractivity contribution >= 4 is 11.6 Å². The molecule has 2 aromatic rings. The van der Waals surface area contributed by atoms with E-state index in [1.54, 1.807) is 19.2 Å². The van der Waals surface area contributed by atoms with Crippen LogP contribution in [0.2, 0.25) is 5.02 Å². The maximum atomic E-state index is 10.4. The van der Waals surface area contributed by atoms with Crippen molar-refractivity contribution in [2.75, 3.05) is 20.8 Å². The van der Waals surface area contributed by atoms with Gasteiger partial charge >= 0.3 is 0 Å². The number of benzene rings is 2. The standard InChI is InChI=1S/C21H25ClO6/c1-26-15-6-3-12(4-7-15)9-14-10-13(5-8-16(14)22)20-21(27-2)19(25)18(24)17(11-23)28-20/h3-8,10,17-21,23-25H,9,11H2,1-2H3/t17-,18-,19+,20+,21-/m1/s1. The molecule has 7 heteroatoms. The van der Waals surface area contributed by atoms with E-state index in [2.05, 4.69) is 0 Å². The number of aliphatic hydroxyl groups is 3. The van der Waals surface area contributed by atoms with Crippen molar-refractivity contribution in [2.24, 2.45) is 0 Å². The van der Waals surface area contributed by atoms with Crippen LogP contribution in [0.3, 0.4) is 0 Å². The van der Waals surface area contributed by atoms with E-state index >= 15 is 0 Å². The third-order valence-corrected chi connectivity index (χ3v) is 5.46. The van der Waals surface area contributed by atoms with Gasteiger partial charge in [-0.2, -0.15) is 0 Å². The zero-order chi connectivity index (χ0) is 20.3. The Labute approximate surface area is 169 Å². The molecule has 0 bridgehead atoms. The largest absolute Gasteiger partial charge is 0.497 e. The summed E-state index contributed by atoms with van der Waals surface area (Å²) < 4.78 is 16.4. The number of hydrogen-bond acceptors (Lipinski definition) is 6. The first-order valence-corrected chi connectivity index (χ1v) is 9.42. The Morgan fingerprint density at radius 1 is 1.04 bits per heavy atom. The topological polar surface area (TPSA) is 88.4 Å². The van der Waals surface area contributed by atoms with E-state index in [1.807, 2.05) is 30.3 Å². The van der Waals surface area contributed by atoms with Gasteiger partial charge in [-0.3, -0.25) is 0 Å². The summed E-state index contributed by atoms with van der Waals surface area (Å²) in [5.41, 5.74) is 2.71. The Morgan fingerprint density at radius 3 is 2.36 bits per heavy atom. The molecule has 1 aliphatic rings. The van der Waals surface area contributed by atoms with Gasteiger partial charge in [0.05, 0.1) is 13.7 Å². The van der Waals surface area contributed by atoms with E-state index in [0.717, 1.165) is 22.4 Å². The fourth-order valence-corrected chi connectivity index (χ4v) is 3.68. The van der Waals surface area contributed by atoms with Crippen molar-refractivity contribution in [3.05, 3.63) is 64.2 Å². The molecule has 1 aliphatic heterocycles. The minimum atomic E-state index is -1.22. The molecule has 0 aromatic heterocycles. The van der Waals surface area contributed by atoms with Crippen LogP contribution in [0.15, 0.2) is 42.5 Å². The van der Waals surface area contributed by atoms with E-state index in [-0.39, 0.29) is 0 Å². The molecule has 6 nitrogen and oxygen atoms in total. The first kappa shape index (κ1) is 21.0. The van der Waals surface area contributed by atoms with Gasteiger partial charge in [0, 0.05) is 12.1 Å². The normalized spacial score (nSPS) is 27.6. The molecule has 0 amide bonds. The van der Waals surface area contributed by atoms with E-state index in [4.69, 9.17) is 25.8 Å². The lowest BCUT2D eigenvalue weighted by Crippen LogP contribution is -2.55. The van der Waals surface area contributed by atoms with Crippen LogP contribution in [0, 0.1) is 0 Å². The first-order chi connectivity index (χ1) is 13.5. The highest BCUT2D eigenvalue weighted by Gasteiger charge is 2.45. The van der Waals surface area contributed by atoms with Crippen LogP contribution in [-0.4, -0.2) is 60.6 Å². The molecule has 0 spiro atoms. The lowest BCUT2D eigenvalue weighted by molar-refractivity contribution is -0.238. The average molecular weight is 409 g/mol. The van der Waals surface area contributed by atoms with Gasteiger partial charge in [-0.25, -0.2) is 0 Å². The fraction of sp³-hybridized carbons (Fsp3) is 0.429. The number of methoxy groups -OCH3 is 2. The molecule has 28 heavy (non-hydrogen) atoms. The molecule has 0 aliphatic carbocycles. The van der Waals surface area contributed by atoms with Gasteiger partial charge in [-0.15, -0.1) is 0 Å². The molecule has 5 atom stereocenters. The Kier molecular flexibility index (Phi) is 6.93. The first-order valence-electron chi connectivity index (χ1n) is 9.05. The van der Waals surface area contributed by atoms with Crippen molar-refractivity contribution in [3.63, 3.8) is 0 Å². The Hall–Kier alpha value is -1.67. The Morgan fingerprint density at radius 2 is 1.75 bits per heavy atom. The highest BCUT2D eigenvalue weighted by atomic mass is 35.5. The van der Waals surface area contributed by atoms with E-state index in [1.165, 1.54) is 7.11 Å². The summed E-state index contributed by atoms with van der Waals surface area (Å²) in [5, 5.41) is 30.6. The molecular weight excluding hydrogens is 384 g/mol. The van der Waals surface area contributed by atoms with Crippen molar-refractivity contribution < 1.29 is 29.5 Å². The monoisotopic (exact) mass is 408 g/mol. The maximum absolute atomic E-state index is 10.4. The number of ether oxygens (including phenoxy) is 3. The number of hydrogen-bond donors (Lipinski definition) is 3. The summed E-state index contributed by atoms with van der Waals surface area (Å²) in [6.07, 6.45) is -4.11. The highest BCUT2D eigenvalue weighted by molar-refractivity contribution is 6.31. The van der Waals surface area contributed by atoms with Gasteiger partial charge in [-0.1, -0.05) is 35.9 Å². The second-order valence-corrected chi connectivity index (χ2v) is 7.24. The molecular formula is C21H25ClO6. The predicted octanol–water partition coefficient (Wildman–Crippen LogP) is 2.11. The summed E-state index contributed by atoms with van der Waals surface area (Å²) in [5.74, 6) is 0.782. The van der Waals surface area contributed by atoms with Gasteiger partial charge in [0.25, 0.3) is 0 Å². The average Bonchev–Trinajstić information content (AvgIpc) is 2.72. The van der Waals surface area contributed by atoms with Crippen LogP contribution >= 0.6 is 11.6 Å². The van der Waals surface area contributed by atoms with Crippen LogP contribution in [0.1, 0.15) is 22.8 Å². The SMILES string of the molecule is COc1ccc(Cc2cc([C@@H]3O[C@H](CO)[C@@H](O)[C@H](O)[C@H]3OC)ccc2Cl)cc1. The van der Waals surface area contributed by atoms with Crippen molar-refractivity contribution in [2.45, 2.75) is 36.9 Å². The zero-order valence-corrected chi connectivity index (χ0v) is 16.5. The van der Waals surface area contributed by atoms with E-state index < -0.39 is 37.1 Å². The third kappa shape index (κ3) is 4.33. The van der Waals surface area contributed by atoms with Crippen LogP contribution in [0.4, 0.5) is 0 Å². The smallest absolute Gasteiger partial charge is 0.118 e. The molecule has 3 rings (SSSR count). The minimum absolute atomic E-state index is 0.405. The Bertz CT molecular complexity index is 781. The van der Waals surface area contributed by atoms with Gasteiger partial charge < -0.3 is 29.5 Å². The highest BCUT2D eigenvalue weighted by Crippen LogP contribution is 2.35. The molecule has 0 radical (unpaired) electrons. The lowest BCUT2D eigenvalue weighted by Gasteiger charge is -2.42. The molecule has 1 saturated heterocycles. The Balaban J connectivity index is 1.88. The van der Waals surface area contributed by atoms with Gasteiger partial charge in [-0.05, 0) is 41.3 Å². The van der Waals surface area contributed by atoms with E-state index in [9.17, 15) is 15.3 Å². The zero-order valence-electron chi connectivity index (χ0n) is 15.8. The molecule has 0 unspecified atom stereocenters. The van der Waals surface area contributed by atoms with Crippen molar-refractivity contribution in [3.8, 4) is 5.75 Å². The van der Waals surface area contributed by atoms with E-state index in [0.29, 0.717) is 11.4 Å². The third-order valence-electron chi connectivity index (χ3n) is 5.09. The number of aliphatic hydroxyl groups excluding tert-OH is 3. The molecule has 1 fully saturated rings. The molecule has 152 valence electrons. The van der Waals surface area contributed by atoms with Gasteiger partial charge in [0.15, 0.2) is 0 Å². The molecule has 0 saturated carbocycles. The van der Waals surface area contributed by atoms with Gasteiger partial charge in [0.2, 0.25) is 0 Å². The quantitative estimate of drug-likeness (QED) is 0.678. The minimum Gasteiger partial charge on any atom is -0.497 e. The van der Waals surface area contributed by atoms with Gasteiger partial charge in [0.1, 0.15) is 36.3 Å². The van der Waals surface area contributed by atoms with Crippen molar-refractivity contribution in [1.82, 2.24) is 0 Å². The van der Waals surface area contributed by atoms with Crippen molar-refractivity contribution in [1.29, 1.82) is 0 Å².